The number of carboxylic acid groups (broad SMARTS) is 1. The number of aryl methyl sites for hydroxylation is 1. The molecule has 3 N–H and O–H groups in total. The highest BCUT2D eigenvalue weighted by atomic mass is 32.2. The first-order valence-corrected chi connectivity index (χ1v) is 6.92. The summed E-state index contributed by atoms with van der Waals surface area (Å²) in [6, 6.07) is 2.99. The number of thioether (sulfide) groups is 1. The zero-order valence-electron chi connectivity index (χ0n) is 11.3. The van der Waals surface area contributed by atoms with E-state index in [2.05, 4.69) is 0 Å². The molecule has 0 spiro atoms. The van der Waals surface area contributed by atoms with Gasteiger partial charge < -0.3 is 20.3 Å². The molecule has 0 fully saturated rings. The van der Waals surface area contributed by atoms with Gasteiger partial charge in [0.2, 0.25) is 0 Å². The van der Waals surface area contributed by atoms with E-state index in [4.69, 9.17) is 20.3 Å². The Bertz CT molecular complexity index is 451. The molecular weight excluding hydrogens is 266 g/mol. The summed E-state index contributed by atoms with van der Waals surface area (Å²) in [5.74, 6) is 1.45. The highest BCUT2D eigenvalue weighted by Crippen LogP contribution is 2.31. The van der Waals surface area contributed by atoms with E-state index in [9.17, 15) is 4.79 Å². The molecule has 1 atom stereocenters. The van der Waals surface area contributed by atoms with E-state index >= 15 is 0 Å². The second-order valence-electron chi connectivity index (χ2n) is 4.09. The van der Waals surface area contributed by atoms with Crippen LogP contribution in [0.25, 0.3) is 0 Å². The average Bonchev–Trinajstić information content (AvgIpc) is 2.39. The third kappa shape index (κ3) is 4.33. The fraction of sp³-hybridized carbons (Fsp3) is 0.462. The van der Waals surface area contributed by atoms with Crippen LogP contribution in [0, 0.1) is 6.92 Å². The van der Waals surface area contributed by atoms with Crippen molar-refractivity contribution in [3.05, 3.63) is 23.3 Å². The highest BCUT2D eigenvalue weighted by molar-refractivity contribution is 7.98. The van der Waals surface area contributed by atoms with Gasteiger partial charge in [-0.2, -0.15) is 11.8 Å². The van der Waals surface area contributed by atoms with E-state index in [1.165, 1.54) is 11.8 Å². The summed E-state index contributed by atoms with van der Waals surface area (Å²) >= 11 is 1.49. The molecule has 1 rings (SSSR count). The van der Waals surface area contributed by atoms with Crippen LogP contribution in [0.15, 0.2) is 12.1 Å². The Labute approximate surface area is 117 Å². The van der Waals surface area contributed by atoms with Crippen molar-refractivity contribution in [1.29, 1.82) is 0 Å². The van der Waals surface area contributed by atoms with Crippen LogP contribution < -0.4 is 15.2 Å². The van der Waals surface area contributed by atoms with Crippen LogP contribution in [0.2, 0.25) is 0 Å². The van der Waals surface area contributed by atoms with Crippen molar-refractivity contribution < 1.29 is 19.4 Å². The van der Waals surface area contributed by atoms with Gasteiger partial charge in [0.25, 0.3) is 0 Å². The average molecular weight is 285 g/mol. The number of ether oxygens (including phenoxy) is 2. The summed E-state index contributed by atoms with van der Waals surface area (Å²) in [5, 5.41) is 8.71. The molecule has 6 heteroatoms. The lowest BCUT2D eigenvalue weighted by Crippen LogP contribution is -2.32. The zero-order chi connectivity index (χ0) is 14.4. The van der Waals surface area contributed by atoms with Crippen LogP contribution >= 0.6 is 11.8 Å². The van der Waals surface area contributed by atoms with Gasteiger partial charge in [0.15, 0.2) is 11.5 Å². The number of rotatable bonds is 7. The van der Waals surface area contributed by atoms with Crippen LogP contribution in [0.5, 0.6) is 11.5 Å². The number of hydrogen-bond acceptors (Lipinski definition) is 5. The maximum absolute atomic E-state index is 10.6. The zero-order valence-corrected chi connectivity index (χ0v) is 12.1. The van der Waals surface area contributed by atoms with Crippen LogP contribution in [0.3, 0.4) is 0 Å². The van der Waals surface area contributed by atoms with Crippen LogP contribution in [0.1, 0.15) is 11.1 Å². The van der Waals surface area contributed by atoms with Crippen molar-refractivity contribution in [2.45, 2.75) is 18.7 Å². The second-order valence-corrected chi connectivity index (χ2v) is 5.12. The van der Waals surface area contributed by atoms with Crippen molar-refractivity contribution in [3.8, 4) is 11.5 Å². The Morgan fingerprint density at radius 3 is 2.47 bits per heavy atom. The summed E-state index contributed by atoms with van der Waals surface area (Å²) in [6.07, 6.45) is 0. The Balaban J connectivity index is 2.71. The van der Waals surface area contributed by atoms with E-state index in [-0.39, 0.29) is 0 Å². The fourth-order valence-electron chi connectivity index (χ4n) is 1.55. The van der Waals surface area contributed by atoms with Crippen LogP contribution in [0.4, 0.5) is 0 Å². The Hall–Kier alpha value is -1.40. The van der Waals surface area contributed by atoms with Gasteiger partial charge in [-0.05, 0) is 30.2 Å². The quantitative estimate of drug-likeness (QED) is 0.793. The lowest BCUT2D eigenvalue weighted by molar-refractivity contribution is -0.137. The minimum Gasteiger partial charge on any atom is -0.493 e. The van der Waals surface area contributed by atoms with E-state index in [1.807, 2.05) is 19.1 Å². The summed E-state index contributed by atoms with van der Waals surface area (Å²) in [4.78, 5) is 10.6. The van der Waals surface area contributed by atoms with E-state index in [0.717, 1.165) is 11.1 Å². The first-order chi connectivity index (χ1) is 8.99. The molecule has 19 heavy (non-hydrogen) atoms. The normalized spacial score (nSPS) is 12.0. The monoisotopic (exact) mass is 285 g/mol. The maximum Gasteiger partial charge on any atom is 0.321 e. The van der Waals surface area contributed by atoms with Crippen LogP contribution in [-0.2, 0) is 10.5 Å². The molecule has 0 aromatic heterocycles. The third-order valence-electron chi connectivity index (χ3n) is 2.71. The predicted octanol–water partition coefficient (Wildman–Crippen LogP) is 1.66. The molecule has 0 radical (unpaired) electrons. The van der Waals surface area contributed by atoms with Crippen molar-refractivity contribution >= 4 is 17.7 Å². The van der Waals surface area contributed by atoms with Crippen molar-refractivity contribution in [2.24, 2.45) is 5.73 Å². The van der Waals surface area contributed by atoms with E-state index < -0.39 is 12.0 Å². The van der Waals surface area contributed by atoms with E-state index in [0.29, 0.717) is 23.0 Å². The number of benzene rings is 1. The molecule has 0 heterocycles. The molecule has 0 aliphatic carbocycles. The number of methoxy groups -OCH3 is 2. The predicted molar refractivity (Wildman–Crippen MR) is 76.1 cm³/mol. The number of carboxylic acids is 1. The van der Waals surface area contributed by atoms with Gasteiger partial charge in [0.1, 0.15) is 6.04 Å². The number of hydrogen-bond donors (Lipinski definition) is 2. The van der Waals surface area contributed by atoms with Gasteiger partial charge >= 0.3 is 5.97 Å². The molecule has 1 unspecified atom stereocenters. The van der Waals surface area contributed by atoms with Gasteiger partial charge in [0, 0.05) is 11.5 Å². The largest absolute Gasteiger partial charge is 0.493 e. The minimum absolute atomic E-state index is 0.378. The summed E-state index contributed by atoms with van der Waals surface area (Å²) in [5.41, 5.74) is 7.62. The Kier molecular flexibility index (Phi) is 5.98. The molecule has 0 aliphatic heterocycles. The van der Waals surface area contributed by atoms with Gasteiger partial charge in [-0.3, -0.25) is 4.79 Å². The molecule has 0 aliphatic rings. The molecule has 0 saturated heterocycles. The number of carbonyl (C=O) groups is 1. The molecule has 106 valence electrons. The van der Waals surface area contributed by atoms with Crippen molar-refractivity contribution in [2.75, 3.05) is 20.0 Å². The lowest BCUT2D eigenvalue weighted by Gasteiger charge is -2.13. The molecule has 1 aromatic rings. The highest BCUT2D eigenvalue weighted by Gasteiger charge is 2.12. The Morgan fingerprint density at radius 2 is 1.95 bits per heavy atom. The summed E-state index contributed by atoms with van der Waals surface area (Å²) in [6.45, 7) is 1.98. The molecule has 0 saturated carbocycles. The topological polar surface area (TPSA) is 81.8 Å². The van der Waals surface area contributed by atoms with Gasteiger partial charge in [0.05, 0.1) is 14.2 Å². The van der Waals surface area contributed by atoms with Crippen molar-refractivity contribution in [3.63, 3.8) is 0 Å². The summed E-state index contributed by atoms with van der Waals surface area (Å²) < 4.78 is 10.5. The SMILES string of the molecule is COc1cc(C)c(CSCC(N)C(=O)O)cc1OC. The maximum atomic E-state index is 10.6. The Morgan fingerprint density at radius 1 is 1.37 bits per heavy atom. The smallest absolute Gasteiger partial charge is 0.321 e. The number of aliphatic carboxylic acids is 1. The number of nitrogens with two attached hydrogens (primary N) is 1. The van der Waals surface area contributed by atoms with Crippen molar-refractivity contribution in [1.82, 2.24) is 0 Å². The lowest BCUT2D eigenvalue weighted by atomic mass is 10.1. The second kappa shape index (κ2) is 7.25. The molecule has 0 bridgehead atoms. The third-order valence-corrected chi connectivity index (χ3v) is 3.82. The standard InChI is InChI=1S/C13H19NO4S/c1-8-4-11(17-2)12(18-3)5-9(8)6-19-7-10(14)13(15)16/h4-5,10H,6-7,14H2,1-3H3,(H,15,16). The van der Waals surface area contributed by atoms with E-state index in [1.54, 1.807) is 14.2 Å². The molecule has 0 amide bonds. The van der Waals surface area contributed by atoms with Gasteiger partial charge in [-0.1, -0.05) is 0 Å². The minimum atomic E-state index is -0.975. The molecule has 5 nitrogen and oxygen atoms in total. The van der Waals surface area contributed by atoms with Crippen LogP contribution in [-0.4, -0.2) is 37.1 Å². The van der Waals surface area contributed by atoms with Gasteiger partial charge in [-0.15, -0.1) is 0 Å². The molecular formula is C13H19NO4S. The summed E-state index contributed by atoms with van der Waals surface area (Å²) in [7, 11) is 3.18. The molecule has 1 aromatic carbocycles. The van der Waals surface area contributed by atoms with Gasteiger partial charge in [-0.25, -0.2) is 0 Å². The first-order valence-electron chi connectivity index (χ1n) is 5.77. The fourth-order valence-corrected chi connectivity index (χ4v) is 2.59. The first kappa shape index (κ1) is 15.7.